The summed E-state index contributed by atoms with van der Waals surface area (Å²) in [6, 6.07) is 0. The zero-order valence-electron chi connectivity index (χ0n) is 31.3. The quantitative estimate of drug-likeness (QED) is 0.0517. The van der Waals surface area contributed by atoms with Gasteiger partial charge in [-0.25, -0.2) is 4.79 Å². The molecule has 0 bridgehead atoms. The fraction of sp³-hybridized carbons (Fsp3) is 0.786. The minimum absolute atomic E-state index is 0.107. The van der Waals surface area contributed by atoms with Gasteiger partial charge < -0.3 is 14.5 Å². The van der Waals surface area contributed by atoms with E-state index in [4.69, 9.17) is 4.74 Å². The number of carbonyl (C=O) groups is 1. The number of allylic oxidation sites excluding steroid dienone is 8. The largest absolute Gasteiger partial charge is 0.449 e. The van der Waals surface area contributed by atoms with E-state index in [0.29, 0.717) is 6.61 Å². The minimum atomic E-state index is -0.107. The summed E-state index contributed by atoms with van der Waals surface area (Å²) in [6.07, 6.45) is 49.3. The van der Waals surface area contributed by atoms with Crippen molar-refractivity contribution in [2.24, 2.45) is 0 Å². The van der Waals surface area contributed by atoms with Gasteiger partial charge in [-0.1, -0.05) is 140 Å². The summed E-state index contributed by atoms with van der Waals surface area (Å²) in [5, 5.41) is 0. The highest BCUT2D eigenvalue weighted by Gasteiger charge is 2.14. The first-order valence-corrected chi connectivity index (χ1v) is 19.8. The lowest BCUT2D eigenvalue weighted by Crippen LogP contribution is -2.34. The normalized spacial score (nSPS) is 12.2. The number of hydrogen-bond donors (Lipinski definition) is 0. The van der Waals surface area contributed by atoms with Crippen molar-refractivity contribution in [2.45, 2.75) is 174 Å². The number of unbranched alkanes of at least 4 members (excludes halogenated alkanes) is 18. The van der Waals surface area contributed by atoms with Crippen molar-refractivity contribution >= 4 is 6.09 Å². The summed E-state index contributed by atoms with van der Waals surface area (Å²) < 4.78 is 5.65. The van der Waals surface area contributed by atoms with E-state index in [1.807, 2.05) is 4.90 Å². The number of nitrogens with zero attached hydrogens (tertiary/aromatic N) is 2. The number of amides is 1. The van der Waals surface area contributed by atoms with E-state index < -0.39 is 0 Å². The van der Waals surface area contributed by atoms with Gasteiger partial charge >= 0.3 is 6.09 Å². The number of hydrogen-bond acceptors (Lipinski definition) is 3. The molecule has 0 aliphatic rings. The molecule has 4 nitrogen and oxygen atoms in total. The Labute approximate surface area is 288 Å². The maximum Gasteiger partial charge on any atom is 0.409 e. The summed E-state index contributed by atoms with van der Waals surface area (Å²) in [4.78, 5) is 17.0. The molecule has 0 rings (SSSR count). The van der Waals surface area contributed by atoms with E-state index in [1.165, 1.54) is 128 Å². The van der Waals surface area contributed by atoms with Crippen molar-refractivity contribution in [3.63, 3.8) is 0 Å². The van der Waals surface area contributed by atoms with Crippen LogP contribution in [0.15, 0.2) is 48.6 Å². The van der Waals surface area contributed by atoms with Gasteiger partial charge in [0.2, 0.25) is 0 Å². The Morgan fingerprint density at radius 1 is 0.457 bits per heavy atom. The molecule has 0 aromatic rings. The Kier molecular flexibility index (Phi) is 36.2. The van der Waals surface area contributed by atoms with E-state index in [0.717, 1.165) is 51.7 Å². The van der Waals surface area contributed by atoms with Crippen LogP contribution < -0.4 is 0 Å². The molecule has 0 unspecified atom stereocenters. The van der Waals surface area contributed by atoms with Crippen LogP contribution in [-0.4, -0.2) is 56.2 Å². The van der Waals surface area contributed by atoms with Gasteiger partial charge in [-0.05, 0) is 97.6 Å². The van der Waals surface area contributed by atoms with Gasteiger partial charge in [0.25, 0.3) is 0 Å². The van der Waals surface area contributed by atoms with Crippen molar-refractivity contribution < 1.29 is 9.53 Å². The lowest BCUT2D eigenvalue weighted by molar-refractivity contribution is 0.0976. The molecule has 0 N–H and O–H groups in total. The van der Waals surface area contributed by atoms with Crippen LogP contribution in [0, 0.1) is 0 Å². The second kappa shape index (κ2) is 37.6. The van der Waals surface area contributed by atoms with E-state index in [9.17, 15) is 4.79 Å². The highest BCUT2D eigenvalue weighted by Crippen LogP contribution is 2.12. The van der Waals surface area contributed by atoms with Crippen molar-refractivity contribution in [2.75, 3.05) is 40.3 Å². The molecule has 46 heavy (non-hydrogen) atoms. The second-order valence-corrected chi connectivity index (χ2v) is 13.4. The van der Waals surface area contributed by atoms with Crippen LogP contribution in [0.4, 0.5) is 4.79 Å². The second-order valence-electron chi connectivity index (χ2n) is 13.4. The van der Waals surface area contributed by atoms with Crippen LogP contribution in [0.25, 0.3) is 0 Å². The monoisotopic (exact) mass is 643 g/mol. The lowest BCUT2D eigenvalue weighted by Gasteiger charge is -2.22. The molecule has 0 atom stereocenters. The Hall–Kier alpha value is -1.81. The molecule has 0 saturated carbocycles. The van der Waals surface area contributed by atoms with Crippen molar-refractivity contribution in [3.8, 4) is 0 Å². The molecule has 0 aromatic carbocycles. The third kappa shape index (κ3) is 35.1. The van der Waals surface area contributed by atoms with Crippen LogP contribution in [0.2, 0.25) is 0 Å². The van der Waals surface area contributed by atoms with Crippen LogP contribution in [0.3, 0.4) is 0 Å². The van der Waals surface area contributed by atoms with Crippen molar-refractivity contribution in [1.82, 2.24) is 9.80 Å². The highest BCUT2D eigenvalue weighted by atomic mass is 16.6. The van der Waals surface area contributed by atoms with Gasteiger partial charge in [0.1, 0.15) is 0 Å². The third-order valence-electron chi connectivity index (χ3n) is 8.49. The van der Waals surface area contributed by atoms with Gasteiger partial charge in [-0.15, -0.1) is 0 Å². The summed E-state index contributed by atoms with van der Waals surface area (Å²) in [5.74, 6) is 0. The molecule has 0 heterocycles. The first-order valence-electron chi connectivity index (χ1n) is 19.8. The lowest BCUT2D eigenvalue weighted by atomic mass is 10.1. The fourth-order valence-electron chi connectivity index (χ4n) is 5.51. The Morgan fingerprint density at radius 3 is 1.22 bits per heavy atom. The molecule has 0 aliphatic carbocycles. The van der Waals surface area contributed by atoms with Crippen LogP contribution >= 0.6 is 0 Å². The van der Waals surface area contributed by atoms with Crippen LogP contribution in [0.1, 0.15) is 174 Å². The summed E-state index contributed by atoms with van der Waals surface area (Å²) in [6.45, 7) is 7.65. The van der Waals surface area contributed by atoms with E-state index in [-0.39, 0.29) is 6.09 Å². The zero-order chi connectivity index (χ0) is 33.6. The average Bonchev–Trinajstić information content (AvgIpc) is 3.05. The third-order valence-corrected chi connectivity index (χ3v) is 8.49. The van der Waals surface area contributed by atoms with Gasteiger partial charge in [0.15, 0.2) is 0 Å². The standard InChI is InChI=1S/C42H78N2O2/c1-5-7-9-11-13-15-17-19-21-23-25-27-29-31-33-35-39-44(42(45)46-41-37-38-43(3)4)40-36-34-32-30-28-26-24-22-20-18-16-14-12-10-8-6-2/h13-16,19-22H,5-12,17-18,23-41H2,1-4H3/b15-13-,16-14-,21-19-,22-20-. The van der Waals surface area contributed by atoms with Gasteiger partial charge in [-0.3, -0.25) is 0 Å². The predicted molar refractivity (Wildman–Crippen MR) is 205 cm³/mol. The molecular weight excluding hydrogens is 564 g/mol. The number of rotatable bonds is 34. The molecule has 268 valence electrons. The topological polar surface area (TPSA) is 32.8 Å². The van der Waals surface area contributed by atoms with Gasteiger partial charge in [-0.2, -0.15) is 0 Å². The van der Waals surface area contributed by atoms with Gasteiger partial charge in [0, 0.05) is 19.6 Å². The Balaban J connectivity index is 4.03. The average molecular weight is 643 g/mol. The van der Waals surface area contributed by atoms with Crippen LogP contribution in [0.5, 0.6) is 0 Å². The number of carbonyl (C=O) groups excluding carboxylic acids is 1. The fourth-order valence-corrected chi connectivity index (χ4v) is 5.51. The molecule has 0 spiro atoms. The molecule has 0 radical (unpaired) electrons. The van der Waals surface area contributed by atoms with Crippen LogP contribution in [-0.2, 0) is 4.74 Å². The predicted octanol–water partition coefficient (Wildman–Crippen LogP) is 13.0. The SMILES string of the molecule is CCCCC/C=C\C/C=C\CCCCCCCCN(CCCCCCCC/C=C\C/C=C\CCCCC)C(=O)OCCCN(C)C. The summed E-state index contributed by atoms with van der Waals surface area (Å²) in [7, 11) is 4.12. The molecule has 0 fully saturated rings. The summed E-state index contributed by atoms with van der Waals surface area (Å²) in [5.41, 5.74) is 0. The van der Waals surface area contributed by atoms with E-state index >= 15 is 0 Å². The summed E-state index contributed by atoms with van der Waals surface area (Å²) >= 11 is 0. The molecule has 0 saturated heterocycles. The molecule has 0 aromatic heterocycles. The molecular formula is C42H78N2O2. The van der Waals surface area contributed by atoms with E-state index in [2.05, 4.69) is 81.5 Å². The van der Waals surface area contributed by atoms with E-state index in [1.54, 1.807) is 0 Å². The van der Waals surface area contributed by atoms with Crippen molar-refractivity contribution in [1.29, 1.82) is 0 Å². The first-order chi connectivity index (χ1) is 22.6. The highest BCUT2D eigenvalue weighted by molar-refractivity contribution is 5.67. The maximum absolute atomic E-state index is 12.8. The number of ether oxygens (including phenoxy) is 1. The maximum atomic E-state index is 12.8. The first kappa shape index (κ1) is 44.2. The Bertz CT molecular complexity index is 692. The molecule has 0 aliphatic heterocycles. The Morgan fingerprint density at radius 2 is 0.826 bits per heavy atom. The smallest absolute Gasteiger partial charge is 0.409 e. The molecule has 1 amide bonds. The van der Waals surface area contributed by atoms with Crippen molar-refractivity contribution in [3.05, 3.63) is 48.6 Å². The molecule has 4 heteroatoms. The minimum Gasteiger partial charge on any atom is -0.449 e. The zero-order valence-corrected chi connectivity index (χ0v) is 31.3. The van der Waals surface area contributed by atoms with Gasteiger partial charge in [0.05, 0.1) is 6.61 Å².